The zero-order chi connectivity index (χ0) is 11.4. The molecule has 88 valence electrons. The lowest BCUT2D eigenvalue weighted by Crippen LogP contribution is -2.06. The average Bonchev–Trinajstić information content (AvgIpc) is 2.75. The molecule has 1 aromatic rings. The lowest BCUT2D eigenvalue weighted by Gasteiger charge is -2.05. The van der Waals surface area contributed by atoms with Crippen molar-refractivity contribution in [1.82, 2.24) is 0 Å². The second-order valence-electron chi connectivity index (χ2n) is 5.62. The molecule has 1 aromatic carbocycles. The van der Waals surface area contributed by atoms with Gasteiger partial charge in [-0.25, -0.2) is 0 Å². The Morgan fingerprint density at radius 2 is 1.88 bits per heavy atom. The summed E-state index contributed by atoms with van der Waals surface area (Å²) < 4.78 is 5.39. The Kier molecular flexibility index (Phi) is 1.98. The van der Waals surface area contributed by atoms with Crippen LogP contribution in [0.1, 0.15) is 40.7 Å². The normalized spacial score (nSPS) is 33.3. The smallest absolute Gasteiger partial charge is 0.166 e. The molecule has 2 aliphatic carbocycles. The first-order valence-corrected chi connectivity index (χ1v) is 6.58. The van der Waals surface area contributed by atoms with Crippen molar-refractivity contribution >= 4 is 5.78 Å². The van der Waals surface area contributed by atoms with Gasteiger partial charge in [0, 0.05) is 11.5 Å². The molecular formula is C15H16O2. The molecule has 0 radical (unpaired) electrons. The Bertz CT molecular complexity index is 482. The van der Waals surface area contributed by atoms with Crippen LogP contribution in [0, 0.1) is 17.8 Å². The van der Waals surface area contributed by atoms with E-state index >= 15 is 0 Å². The topological polar surface area (TPSA) is 26.3 Å². The molecule has 0 amide bonds. The van der Waals surface area contributed by atoms with Crippen molar-refractivity contribution in [2.45, 2.75) is 32.5 Å². The minimum atomic E-state index is 0.351. The third-order valence-corrected chi connectivity index (χ3v) is 4.72. The molecule has 17 heavy (non-hydrogen) atoms. The van der Waals surface area contributed by atoms with E-state index in [1.807, 2.05) is 6.07 Å². The number of hydrogen-bond acceptors (Lipinski definition) is 2. The summed E-state index contributed by atoms with van der Waals surface area (Å²) >= 11 is 0. The number of carbonyl (C=O) groups excluding carboxylic acids is 1. The predicted octanol–water partition coefficient (Wildman–Crippen LogP) is 2.95. The van der Waals surface area contributed by atoms with Crippen LogP contribution in [0.5, 0.6) is 0 Å². The zero-order valence-corrected chi connectivity index (χ0v) is 9.82. The molecule has 2 heteroatoms. The van der Waals surface area contributed by atoms with Gasteiger partial charge >= 0.3 is 0 Å². The monoisotopic (exact) mass is 228 g/mol. The van der Waals surface area contributed by atoms with Crippen molar-refractivity contribution in [2.24, 2.45) is 17.8 Å². The van der Waals surface area contributed by atoms with E-state index < -0.39 is 0 Å². The summed E-state index contributed by atoms with van der Waals surface area (Å²) in [5.41, 5.74) is 3.37. The van der Waals surface area contributed by atoms with Gasteiger partial charge in [0.05, 0.1) is 13.2 Å². The predicted molar refractivity (Wildman–Crippen MR) is 63.6 cm³/mol. The number of carbonyl (C=O) groups is 1. The molecule has 3 aliphatic rings. The second kappa shape index (κ2) is 3.42. The molecule has 0 bridgehead atoms. The number of fused-ring (bicyclic) bond motifs is 2. The van der Waals surface area contributed by atoms with Gasteiger partial charge in [-0.3, -0.25) is 4.79 Å². The zero-order valence-electron chi connectivity index (χ0n) is 9.82. The minimum absolute atomic E-state index is 0.351. The van der Waals surface area contributed by atoms with Gasteiger partial charge in [0.15, 0.2) is 5.78 Å². The van der Waals surface area contributed by atoms with Crippen LogP contribution in [0.3, 0.4) is 0 Å². The summed E-state index contributed by atoms with van der Waals surface area (Å²) in [6, 6.07) is 6.11. The Morgan fingerprint density at radius 3 is 2.71 bits per heavy atom. The Hall–Kier alpha value is -1.15. The second-order valence-corrected chi connectivity index (χ2v) is 5.62. The summed E-state index contributed by atoms with van der Waals surface area (Å²) in [6.45, 7) is 1.38. The number of rotatable bonds is 2. The largest absolute Gasteiger partial charge is 0.372 e. The van der Waals surface area contributed by atoms with Crippen LogP contribution in [-0.2, 0) is 18.0 Å². The maximum absolute atomic E-state index is 12.4. The standard InChI is InChI=1S/C15H16O2/c16-15(14-12-2-1-3-13(12)14)9-4-5-10-7-17-8-11(10)6-9/h4-6,12-14H,1-3,7-8H2. The van der Waals surface area contributed by atoms with Gasteiger partial charge in [0.25, 0.3) is 0 Å². The first-order valence-electron chi connectivity index (χ1n) is 6.58. The first-order chi connectivity index (χ1) is 8.34. The number of ether oxygens (including phenoxy) is 1. The molecule has 1 heterocycles. The quantitative estimate of drug-likeness (QED) is 0.727. The van der Waals surface area contributed by atoms with E-state index in [0.717, 1.165) is 5.56 Å². The highest BCUT2D eigenvalue weighted by Gasteiger charge is 2.56. The van der Waals surface area contributed by atoms with Gasteiger partial charge in [-0.05, 0) is 41.9 Å². The highest BCUT2D eigenvalue weighted by molar-refractivity contribution is 6.00. The minimum Gasteiger partial charge on any atom is -0.372 e. The van der Waals surface area contributed by atoms with E-state index in [9.17, 15) is 4.79 Å². The highest BCUT2D eigenvalue weighted by Crippen LogP contribution is 2.58. The average molecular weight is 228 g/mol. The number of benzene rings is 1. The van der Waals surface area contributed by atoms with E-state index in [-0.39, 0.29) is 0 Å². The molecule has 2 atom stereocenters. The lowest BCUT2D eigenvalue weighted by molar-refractivity contribution is 0.0951. The van der Waals surface area contributed by atoms with Crippen LogP contribution in [0.15, 0.2) is 18.2 Å². The van der Waals surface area contributed by atoms with Crippen molar-refractivity contribution in [3.8, 4) is 0 Å². The van der Waals surface area contributed by atoms with E-state index in [2.05, 4.69) is 12.1 Å². The van der Waals surface area contributed by atoms with Gasteiger partial charge in [-0.1, -0.05) is 18.6 Å². The van der Waals surface area contributed by atoms with Crippen molar-refractivity contribution in [1.29, 1.82) is 0 Å². The first kappa shape index (κ1) is 9.84. The van der Waals surface area contributed by atoms with Crippen molar-refractivity contribution < 1.29 is 9.53 Å². The van der Waals surface area contributed by atoms with Gasteiger partial charge in [-0.2, -0.15) is 0 Å². The maximum Gasteiger partial charge on any atom is 0.166 e. The SMILES string of the molecule is O=C(c1ccc2c(c1)COC2)C1C2CCCC21. The molecule has 4 rings (SSSR count). The highest BCUT2D eigenvalue weighted by atomic mass is 16.5. The molecular weight excluding hydrogens is 212 g/mol. The van der Waals surface area contributed by atoms with Crippen molar-refractivity contribution in [2.75, 3.05) is 0 Å². The van der Waals surface area contributed by atoms with Crippen molar-refractivity contribution in [3.63, 3.8) is 0 Å². The third-order valence-electron chi connectivity index (χ3n) is 4.72. The Labute approximate surface area is 101 Å². The fourth-order valence-electron chi connectivity index (χ4n) is 3.73. The third kappa shape index (κ3) is 1.40. The van der Waals surface area contributed by atoms with E-state index in [4.69, 9.17) is 4.74 Å². The van der Waals surface area contributed by atoms with Gasteiger partial charge in [0.1, 0.15) is 0 Å². The van der Waals surface area contributed by atoms with Gasteiger partial charge < -0.3 is 4.74 Å². The number of Topliss-reactive ketones (excluding diaryl/α,β-unsaturated/α-hetero) is 1. The molecule has 0 saturated heterocycles. The molecule has 0 N–H and O–H groups in total. The van der Waals surface area contributed by atoms with E-state index in [0.29, 0.717) is 36.8 Å². The number of hydrogen-bond donors (Lipinski definition) is 0. The molecule has 2 saturated carbocycles. The summed E-state index contributed by atoms with van der Waals surface area (Å²) in [5.74, 6) is 2.16. The van der Waals surface area contributed by atoms with Crippen molar-refractivity contribution in [3.05, 3.63) is 34.9 Å². The van der Waals surface area contributed by atoms with Gasteiger partial charge in [-0.15, -0.1) is 0 Å². The van der Waals surface area contributed by atoms with Gasteiger partial charge in [0.2, 0.25) is 0 Å². The van der Waals surface area contributed by atoms with Crippen LogP contribution >= 0.6 is 0 Å². The summed E-state index contributed by atoms with van der Waals surface area (Å²) in [6.07, 6.45) is 3.88. The molecule has 0 spiro atoms. The lowest BCUT2D eigenvalue weighted by atomic mass is 9.98. The Morgan fingerprint density at radius 1 is 1.12 bits per heavy atom. The summed E-state index contributed by atoms with van der Waals surface area (Å²) in [5, 5.41) is 0. The van der Waals surface area contributed by atoms with Crippen LogP contribution in [-0.4, -0.2) is 5.78 Å². The van der Waals surface area contributed by atoms with Crippen LogP contribution < -0.4 is 0 Å². The molecule has 1 aliphatic heterocycles. The number of ketones is 1. The fraction of sp³-hybridized carbons (Fsp3) is 0.533. The molecule has 0 aromatic heterocycles. The van der Waals surface area contributed by atoms with E-state index in [1.165, 1.54) is 30.4 Å². The summed E-state index contributed by atoms with van der Waals surface area (Å²) in [4.78, 5) is 12.4. The Balaban J connectivity index is 1.60. The molecule has 2 nitrogen and oxygen atoms in total. The molecule has 2 unspecified atom stereocenters. The van der Waals surface area contributed by atoms with Crippen LogP contribution in [0.4, 0.5) is 0 Å². The maximum atomic E-state index is 12.4. The van der Waals surface area contributed by atoms with E-state index in [1.54, 1.807) is 0 Å². The summed E-state index contributed by atoms with van der Waals surface area (Å²) in [7, 11) is 0. The molecule has 2 fully saturated rings. The van der Waals surface area contributed by atoms with Crippen LogP contribution in [0.2, 0.25) is 0 Å². The fourth-order valence-corrected chi connectivity index (χ4v) is 3.73. The van der Waals surface area contributed by atoms with Crippen LogP contribution in [0.25, 0.3) is 0 Å².